The van der Waals surface area contributed by atoms with E-state index in [0.717, 1.165) is 0 Å². The van der Waals surface area contributed by atoms with Crippen molar-refractivity contribution >= 4 is 38.5 Å². The number of aromatic nitrogens is 1. The van der Waals surface area contributed by atoms with E-state index in [1.54, 1.807) is 36.4 Å². The van der Waals surface area contributed by atoms with Gasteiger partial charge in [-0.15, -0.1) is 0 Å². The van der Waals surface area contributed by atoms with Crippen LogP contribution in [0.5, 0.6) is 11.5 Å². The average molecular weight is 470 g/mol. The van der Waals surface area contributed by atoms with Crippen molar-refractivity contribution in [1.82, 2.24) is 3.97 Å². The SMILES string of the molecule is COC(=O)CCc1cc2cc(Cl)ccc2n1S(=O)(=O)c1ccc(Oc2ccccc2)cc1. The van der Waals surface area contributed by atoms with Gasteiger partial charge in [0.1, 0.15) is 11.5 Å². The van der Waals surface area contributed by atoms with Gasteiger partial charge in [-0.2, -0.15) is 0 Å². The first-order valence-corrected chi connectivity index (χ1v) is 11.7. The van der Waals surface area contributed by atoms with E-state index >= 15 is 0 Å². The van der Waals surface area contributed by atoms with Gasteiger partial charge in [-0.25, -0.2) is 12.4 Å². The molecule has 0 amide bonds. The van der Waals surface area contributed by atoms with Crippen LogP contribution in [0.4, 0.5) is 0 Å². The fourth-order valence-corrected chi connectivity index (χ4v) is 5.17. The highest BCUT2D eigenvalue weighted by Crippen LogP contribution is 2.30. The first kappa shape index (κ1) is 21.9. The normalized spacial score (nSPS) is 11.4. The number of aryl methyl sites for hydroxylation is 1. The zero-order chi connectivity index (χ0) is 22.7. The summed E-state index contributed by atoms with van der Waals surface area (Å²) in [5.74, 6) is 0.756. The van der Waals surface area contributed by atoms with Gasteiger partial charge in [0.25, 0.3) is 10.0 Å². The molecule has 8 heteroatoms. The van der Waals surface area contributed by atoms with Crippen LogP contribution < -0.4 is 4.74 Å². The van der Waals surface area contributed by atoms with Crippen LogP contribution in [0.3, 0.4) is 0 Å². The predicted molar refractivity (Wildman–Crippen MR) is 123 cm³/mol. The predicted octanol–water partition coefficient (Wildman–Crippen LogP) is 5.43. The van der Waals surface area contributed by atoms with Gasteiger partial charge >= 0.3 is 5.97 Å². The Labute approximate surface area is 191 Å². The summed E-state index contributed by atoms with van der Waals surface area (Å²) < 4.78 is 38.9. The summed E-state index contributed by atoms with van der Waals surface area (Å²) in [6, 6.07) is 22.2. The average Bonchev–Trinajstić information content (AvgIpc) is 3.16. The summed E-state index contributed by atoms with van der Waals surface area (Å²) in [5.41, 5.74) is 0.955. The lowest BCUT2D eigenvalue weighted by molar-refractivity contribution is -0.140. The number of hydrogen-bond donors (Lipinski definition) is 0. The summed E-state index contributed by atoms with van der Waals surface area (Å²) in [7, 11) is -2.64. The maximum Gasteiger partial charge on any atom is 0.305 e. The third-order valence-electron chi connectivity index (χ3n) is 4.95. The minimum Gasteiger partial charge on any atom is -0.469 e. The lowest BCUT2D eigenvalue weighted by Gasteiger charge is -2.13. The van der Waals surface area contributed by atoms with Gasteiger partial charge in [0.15, 0.2) is 0 Å². The fourth-order valence-electron chi connectivity index (χ4n) is 3.42. The highest BCUT2D eigenvalue weighted by molar-refractivity contribution is 7.90. The van der Waals surface area contributed by atoms with Crippen molar-refractivity contribution in [3.05, 3.63) is 89.6 Å². The molecule has 0 saturated heterocycles. The molecule has 0 fully saturated rings. The molecule has 0 radical (unpaired) electrons. The summed E-state index contributed by atoms with van der Waals surface area (Å²) in [4.78, 5) is 11.8. The summed E-state index contributed by atoms with van der Waals surface area (Å²) >= 11 is 6.10. The number of benzene rings is 3. The van der Waals surface area contributed by atoms with E-state index in [2.05, 4.69) is 0 Å². The zero-order valence-corrected chi connectivity index (χ0v) is 18.8. The first-order chi connectivity index (χ1) is 15.4. The lowest BCUT2D eigenvalue weighted by atomic mass is 10.2. The molecule has 0 aliphatic rings. The van der Waals surface area contributed by atoms with Crippen LogP contribution in [0.15, 0.2) is 83.8 Å². The van der Waals surface area contributed by atoms with Crippen molar-refractivity contribution < 1.29 is 22.7 Å². The van der Waals surface area contributed by atoms with Gasteiger partial charge in [-0.05, 0) is 67.1 Å². The molecule has 4 rings (SSSR count). The van der Waals surface area contributed by atoms with Crippen LogP contribution in [-0.2, 0) is 26.0 Å². The van der Waals surface area contributed by atoms with E-state index in [4.69, 9.17) is 21.1 Å². The van der Waals surface area contributed by atoms with Crippen molar-refractivity contribution in [1.29, 1.82) is 0 Å². The Balaban J connectivity index is 1.72. The number of hydrogen-bond acceptors (Lipinski definition) is 5. The van der Waals surface area contributed by atoms with Gasteiger partial charge in [-0.3, -0.25) is 4.79 Å². The molecule has 1 aromatic heterocycles. The zero-order valence-electron chi connectivity index (χ0n) is 17.2. The van der Waals surface area contributed by atoms with E-state index in [9.17, 15) is 13.2 Å². The van der Waals surface area contributed by atoms with Crippen molar-refractivity contribution in [3.63, 3.8) is 0 Å². The van der Waals surface area contributed by atoms with Gasteiger partial charge in [0.05, 0.1) is 23.9 Å². The molecule has 0 bridgehead atoms. The molecule has 0 saturated carbocycles. The van der Waals surface area contributed by atoms with Crippen molar-refractivity contribution in [2.75, 3.05) is 7.11 Å². The standard InChI is InChI=1S/C24H20ClNO5S/c1-30-24(27)14-8-19-16-17-15-18(25)7-13-23(17)26(19)32(28,29)22-11-9-21(10-12-22)31-20-5-3-2-4-6-20/h2-7,9-13,15-16H,8,14H2,1H3. The third-order valence-corrected chi connectivity index (χ3v) is 6.96. The molecule has 32 heavy (non-hydrogen) atoms. The number of esters is 1. The smallest absolute Gasteiger partial charge is 0.305 e. The van der Waals surface area contributed by atoms with Crippen molar-refractivity contribution in [3.8, 4) is 11.5 Å². The van der Waals surface area contributed by atoms with E-state index in [1.807, 2.05) is 30.3 Å². The minimum atomic E-state index is -3.94. The molecule has 164 valence electrons. The highest BCUT2D eigenvalue weighted by atomic mass is 35.5. The van der Waals surface area contributed by atoms with Gasteiger partial charge in [-0.1, -0.05) is 29.8 Å². The number of rotatable bonds is 7. The topological polar surface area (TPSA) is 74.6 Å². The first-order valence-electron chi connectivity index (χ1n) is 9.84. The number of carbonyl (C=O) groups excluding carboxylic acids is 1. The molecule has 0 atom stereocenters. The monoisotopic (exact) mass is 469 g/mol. The number of methoxy groups -OCH3 is 1. The van der Waals surface area contributed by atoms with Crippen LogP contribution in [-0.4, -0.2) is 25.5 Å². The fraction of sp³-hybridized carbons (Fsp3) is 0.125. The number of fused-ring (bicyclic) bond motifs is 1. The number of ether oxygens (including phenoxy) is 2. The van der Waals surface area contributed by atoms with Crippen LogP contribution >= 0.6 is 11.6 Å². The Hall–Kier alpha value is -3.29. The molecule has 1 heterocycles. The summed E-state index contributed by atoms with van der Waals surface area (Å²) in [5, 5.41) is 1.17. The molecule has 4 aromatic rings. The van der Waals surface area contributed by atoms with Crippen LogP contribution in [0.2, 0.25) is 5.02 Å². The molecule has 6 nitrogen and oxygen atoms in total. The van der Waals surface area contributed by atoms with E-state index in [1.165, 1.54) is 23.2 Å². The molecule has 3 aromatic carbocycles. The molecular weight excluding hydrogens is 450 g/mol. The van der Waals surface area contributed by atoms with E-state index in [0.29, 0.717) is 33.1 Å². The maximum absolute atomic E-state index is 13.6. The highest BCUT2D eigenvalue weighted by Gasteiger charge is 2.24. The Morgan fingerprint density at radius 2 is 1.62 bits per heavy atom. The molecule has 0 N–H and O–H groups in total. The molecule has 0 aliphatic carbocycles. The molecule has 0 unspecified atom stereocenters. The Kier molecular flexibility index (Phi) is 6.21. The van der Waals surface area contributed by atoms with E-state index < -0.39 is 16.0 Å². The number of nitrogens with zero attached hydrogens (tertiary/aromatic N) is 1. The number of halogens is 1. The molecule has 0 aliphatic heterocycles. The second kappa shape index (κ2) is 9.06. The lowest BCUT2D eigenvalue weighted by Crippen LogP contribution is -2.16. The maximum atomic E-state index is 13.6. The van der Waals surface area contributed by atoms with Crippen LogP contribution in [0.25, 0.3) is 10.9 Å². The van der Waals surface area contributed by atoms with Crippen LogP contribution in [0.1, 0.15) is 12.1 Å². The quantitative estimate of drug-likeness (QED) is 0.337. The number of para-hydroxylation sites is 1. The summed E-state index contributed by atoms with van der Waals surface area (Å²) in [6.07, 6.45) is 0.257. The Morgan fingerprint density at radius 3 is 2.31 bits per heavy atom. The molecular formula is C24H20ClNO5S. The van der Waals surface area contributed by atoms with Crippen LogP contribution in [0, 0.1) is 0 Å². The van der Waals surface area contributed by atoms with E-state index in [-0.39, 0.29) is 17.7 Å². The Bertz CT molecular complexity index is 1360. The van der Waals surface area contributed by atoms with Gasteiger partial charge < -0.3 is 9.47 Å². The van der Waals surface area contributed by atoms with Crippen molar-refractivity contribution in [2.24, 2.45) is 0 Å². The second-order valence-corrected chi connectivity index (χ2v) is 9.29. The summed E-state index contributed by atoms with van der Waals surface area (Å²) in [6.45, 7) is 0. The minimum absolute atomic E-state index is 0.0555. The third kappa shape index (κ3) is 4.49. The Morgan fingerprint density at radius 1 is 0.938 bits per heavy atom. The second-order valence-electron chi connectivity index (χ2n) is 7.07. The largest absolute Gasteiger partial charge is 0.469 e. The van der Waals surface area contributed by atoms with Gasteiger partial charge in [0, 0.05) is 16.1 Å². The number of carbonyl (C=O) groups is 1. The molecule has 0 spiro atoms. The van der Waals surface area contributed by atoms with Crippen molar-refractivity contribution in [2.45, 2.75) is 17.7 Å². The van der Waals surface area contributed by atoms with Gasteiger partial charge in [0.2, 0.25) is 0 Å².